The van der Waals surface area contributed by atoms with Crippen LogP contribution in [0.4, 0.5) is 0 Å². The smallest absolute Gasteiger partial charge is 0.133 e. The summed E-state index contributed by atoms with van der Waals surface area (Å²) in [5.74, 6) is -1.26. The van der Waals surface area contributed by atoms with Gasteiger partial charge in [0.15, 0.2) is 0 Å². The van der Waals surface area contributed by atoms with Gasteiger partial charge in [-0.05, 0) is 49.6 Å². The van der Waals surface area contributed by atoms with Crippen LogP contribution in [0.3, 0.4) is 0 Å². The second-order valence-corrected chi connectivity index (χ2v) is 4.89. The number of ketones is 1. The summed E-state index contributed by atoms with van der Waals surface area (Å²) >= 11 is 0. The topological polar surface area (TPSA) is 37.3 Å². The van der Waals surface area contributed by atoms with Crippen LogP contribution in [0.1, 0.15) is 77.4 Å². The van der Waals surface area contributed by atoms with Gasteiger partial charge >= 0.3 is 0 Å². The van der Waals surface area contributed by atoms with Gasteiger partial charge in [-0.3, -0.25) is 4.79 Å². The Morgan fingerprint density at radius 3 is 2.83 bits per heavy atom. The molecule has 2 aliphatic carbocycles. The molecule has 0 fully saturated rings. The predicted molar refractivity (Wildman–Crippen MR) is 73.5 cm³/mol. The third-order valence-corrected chi connectivity index (χ3v) is 3.51. The van der Waals surface area contributed by atoms with E-state index >= 15 is 0 Å². The Morgan fingerprint density at radius 1 is 1.11 bits per heavy atom. The van der Waals surface area contributed by atoms with Crippen LogP contribution < -0.4 is 0 Å². The minimum atomic E-state index is -2.76. The standard InChI is InChI=1S/C16H24O2/c17-14-9-6-10-16(18)15(12-11-14)13-7-4-2-1-3-5-8-13/h7,18H,1-6,8-12H2/b13-7+,16-15-/i6D2,9D,10D2. The van der Waals surface area contributed by atoms with E-state index in [-0.39, 0.29) is 12.8 Å². The molecule has 0 amide bonds. The maximum atomic E-state index is 12.0. The number of hydrogen-bond donors (Lipinski definition) is 1. The summed E-state index contributed by atoms with van der Waals surface area (Å²) in [5.41, 5.74) is 1.19. The molecule has 18 heavy (non-hydrogen) atoms. The highest BCUT2D eigenvalue weighted by Gasteiger charge is 2.17. The Hall–Kier alpha value is -1.05. The normalized spacial score (nSPS) is 44.4. The number of rotatable bonds is 1. The molecule has 2 heteroatoms. The first-order chi connectivity index (χ1) is 10.7. The van der Waals surface area contributed by atoms with Gasteiger partial charge in [0.25, 0.3) is 0 Å². The van der Waals surface area contributed by atoms with E-state index in [0.29, 0.717) is 12.0 Å². The zero-order valence-electron chi connectivity index (χ0n) is 15.7. The molecule has 0 spiro atoms. The fourth-order valence-corrected chi connectivity index (χ4v) is 2.48. The molecule has 1 N–H and O–H groups in total. The molecule has 0 heterocycles. The SMILES string of the molecule is [2H]C1C(=O)CCC(/C2=C/CCCCCC2)=C(/O)C([2H])([2H])C1([2H])[2H]. The Bertz CT molecular complexity index is 537. The van der Waals surface area contributed by atoms with Crippen LogP contribution in [-0.4, -0.2) is 10.9 Å². The molecule has 0 aliphatic heterocycles. The Morgan fingerprint density at radius 2 is 1.94 bits per heavy atom. The van der Waals surface area contributed by atoms with Crippen molar-refractivity contribution >= 4 is 5.78 Å². The van der Waals surface area contributed by atoms with Crippen LogP contribution in [0, 0.1) is 0 Å². The van der Waals surface area contributed by atoms with Crippen molar-refractivity contribution in [3.05, 3.63) is 23.0 Å². The lowest BCUT2D eigenvalue weighted by molar-refractivity contribution is -0.119. The summed E-state index contributed by atoms with van der Waals surface area (Å²) in [4.78, 5) is 12.0. The molecule has 2 nitrogen and oxygen atoms in total. The highest BCUT2D eigenvalue weighted by atomic mass is 16.3. The molecule has 2 aliphatic rings. The molecule has 100 valence electrons. The molecule has 0 aromatic heterocycles. The molecular weight excluding hydrogens is 224 g/mol. The van der Waals surface area contributed by atoms with Crippen molar-refractivity contribution < 1.29 is 16.8 Å². The van der Waals surface area contributed by atoms with Gasteiger partial charge in [-0.25, -0.2) is 0 Å². The van der Waals surface area contributed by atoms with Crippen molar-refractivity contribution in [1.82, 2.24) is 0 Å². The summed E-state index contributed by atoms with van der Waals surface area (Å²) in [7, 11) is 0. The number of allylic oxidation sites excluding steroid dienone is 4. The van der Waals surface area contributed by atoms with Gasteiger partial charge in [0, 0.05) is 26.0 Å². The molecule has 0 aromatic carbocycles. The number of hydrogen-bond acceptors (Lipinski definition) is 2. The quantitative estimate of drug-likeness (QED) is 0.740. The fraction of sp³-hybridized carbons (Fsp3) is 0.688. The van der Waals surface area contributed by atoms with E-state index in [4.69, 9.17) is 6.85 Å². The van der Waals surface area contributed by atoms with E-state index < -0.39 is 30.7 Å². The van der Waals surface area contributed by atoms with Gasteiger partial charge in [0.1, 0.15) is 5.78 Å². The highest BCUT2D eigenvalue weighted by Crippen LogP contribution is 2.30. The van der Waals surface area contributed by atoms with Gasteiger partial charge < -0.3 is 5.11 Å². The zero-order valence-corrected chi connectivity index (χ0v) is 10.7. The Labute approximate surface area is 117 Å². The van der Waals surface area contributed by atoms with E-state index in [0.717, 1.165) is 37.7 Å². The van der Waals surface area contributed by atoms with Crippen molar-refractivity contribution in [2.45, 2.75) is 70.5 Å². The summed E-state index contributed by atoms with van der Waals surface area (Å²) in [6, 6.07) is 0. The van der Waals surface area contributed by atoms with Crippen LogP contribution >= 0.6 is 0 Å². The monoisotopic (exact) mass is 253 g/mol. The van der Waals surface area contributed by atoms with E-state index in [1.807, 2.05) is 6.08 Å². The first-order valence-electron chi connectivity index (χ1n) is 9.34. The largest absolute Gasteiger partial charge is 0.512 e. The van der Waals surface area contributed by atoms with E-state index in [2.05, 4.69) is 0 Å². The van der Waals surface area contributed by atoms with Gasteiger partial charge in [0.2, 0.25) is 0 Å². The van der Waals surface area contributed by atoms with E-state index in [1.54, 1.807) is 0 Å². The van der Waals surface area contributed by atoms with Crippen LogP contribution in [0.25, 0.3) is 0 Å². The summed E-state index contributed by atoms with van der Waals surface area (Å²) < 4.78 is 39.5. The van der Waals surface area contributed by atoms with Gasteiger partial charge in [0.05, 0.1) is 5.76 Å². The van der Waals surface area contributed by atoms with Crippen molar-refractivity contribution in [3.63, 3.8) is 0 Å². The number of aliphatic hydroxyl groups is 1. The summed E-state index contributed by atoms with van der Waals surface area (Å²) in [5, 5.41) is 10.5. The second kappa shape index (κ2) is 6.77. The average molecular weight is 253 g/mol. The number of aliphatic hydroxyl groups excluding tert-OH is 1. The fourth-order valence-electron chi connectivity index (χ4n) is 2.48. The van der Waals surface area contributed by atoms with Crippen molar-refractivity contribution in [2.75, 3.05) is 0 Å². The molecule has 0 saturated heterocycles. The Kier molecular flexibility index (Phi) is 3.08. The van der Waals surface area contributed by atoms with Crippen LogP contribution in [-0.2, 0) is 4.79 Å². The third kappa shape index (κ3) is 3.72. The van der Waals surface area contributed by atoms with Gasteiger partial charge in [-0.1, -0.05) is 18.9 Å². The molecule has 0 saturated carbocycles. The Balaban J connectivity index is 2.50. The molecule has 0 radical (unpaired) electrons. The molecule has 0 aromatic rings. The summed E-state index contributed by atoms with van der Waals surface area (Å²) in [6.07, 6.45) is 0.524. The third-order valence-electron chi connectivity index (χ3n) is 3.51. The molecule has 0 bridgehead atoms. The van der Waals surface area contributed by atoms with E-state index in [9.17, 15) is 9.90 Å². The highest BCUT2D eigenvalue weighted by molar-refractivity contribution is 5.79. The number of Topliss-reactive ketones (excluding diaryl/α,β-unsaturated/α-hetero) is 1. The first kappa shape index (κ1) is 8.19. The molecular formula is C16H24O2. The van der Waals surface area contributed by atoms with Gasteiger partial charge in [-0.15, -0.1) is 0 Å². The summed E-state index contributed by atoms with van der Waals surface area (Å²) in [6.45, 7) is 0. The van der Waals surface area contributed by atoms with Crippen LogP contribution in [0.5, 0.6) is 0 Å². The number of carbonyl (C=O) groups excluding carboxylic acids is 1. The zero-order chi connectivity index (χ0) is 17.3. The van der Waals surface area contributed by atoms with E-state index in [1.165, 1.54) is 0 Å². The minimum absolute atomic E-state index is 0.0412. The minimum Gasteiger partial charge on any atom is -0.512 e. The lowest BCUT2D eigenvalue weighted by Gasteiger charge is -2.18. The van der Waals surface area contributed by atoms with Crippen LogP contribution in [0.2, 0.25) is 0 Å². The number of carbonyl (C=O) groups is 1. The van der Waals surface area contributed by atoms with Crippen molar-refractivity contribution in [3.8, 4) is 0 Å². The lowest BCUT2D eigenvalue weighted by Crippen LogP contribution is -2.07. The lowest BCUT2D eigenvalue weighted by atomic mass is 9.88. The van der Waals surface area contributed by atoms with Crippen LogP contribution in [0.15, 0.2) is 23.0 Å². The predicted octanol–water partition coefficient (Wildman–Crippen LogP) is 4.61. The second-order valence-electron chi connectivity index (χ2n) is 4.89. The maximum absolute atomic E-state index is 12.0. The molecule has 1 atom stereocenters. The molecule has 1 unspecified atom stereocenters. The average Bonchev–Trinajstić information content (AvgIpc) is 2.46. The first-order valence-corrected chi connectivity index (χ1v) is 6.76. The maximum Gasteiger partial charge on any atom is 0.133 e. The molecule has 2 rings (SSSR count). The van der Waals surface area contributed by atoms with Gasteiger partial charge in [-0.2, -0.15) is 0 Å². The van der Waals surface area contributed by atoms with Crippen molar-refractivity contribution in [2.24, 2.45) is 0 Å². The van der Waals surface area contributed by atoms with Crippen molar-refractivity contribution in [1.29, 1.82) is 0 Å².